The zero-order valence-electron chi connectivity index (χ0n) is 16.6. The first-order valence-corrected chi connectivity index (χ1v) is 9.36. The molecular weight excluding hydrogens is 358 g/mol. The molecule has 0 bridgehead atoms. The molecule has 0 fully saturated rings. The quantitative estimate of drug-likeness (QED) is 0.362. The monoisotopic (exact) mass is 385 g/mol. The highest BCUT2D eigenvalue weighted by Gasteiger charge is 2.18. The van der Waals surface area contributed by atoms with Crippen LogP contribution in [0.25, 0.3) is 0 Å². The zero-order chi connectivity index (χ0) is 20.5. The van der Waals surface area contributed by atoms with Crippen LogP contribution in [0.5, 0.6) is 5.75 Å². The van der Waals surface area contributed by atoms with Crippen LogP contribution in [-0.2, 0) is 0 Å². The number of nitrogens with zero attached hydrogens (tertiary/aromatic N) is 2. The highest BCUT2D eigenvalue weighted by Crippen LogP contribution is 2.22. The van der Waals surface area contributed by atoms with Crippen LogP contribution in [0.4, 0.5) is 5.69 Å². The Bertz CT molecular complexity index is 771. The van der Waals surface area contributed by atoms with Crippen LogP contribution >= 0.6 is 0 Å². The molecular formula is C21H27N3O4. The Morgan fingerprint density at radius 3 is 2.21 bits per heavy atom. The molecule has 2 rings (SSSR count). The fraction of sp³-hybridized carbons (Fsp3) is 0.381. The molecule has 0 aromatic heterocycles. The highest BCUT2D eigenvalue weighted by atomic mass is 16.6. The van der Waals surface area contributed by atoms with Gasteiger partial charge in [0.1, 0.15) is 5.75 Å². The predicted octanol–water partition coefficient (Wildman–Crippen LogP) is 3.46. The van der Waals surface area contributed by atoms with Gasteiger partial charge < -0.3 is 10.1 Å². The molecule has 1 atom stereocenters. The van der Waals surface area contributed by atoms with Crippen molar-refractivity contribution in [2.24, 2.45) is 0 Å². The standard InChI is InChI=1S/C21H27N3O4/c1-4-23(5-2)20(16-8-12-19(28-3)13-9-16)14-22-15-21(25)17-6-10-18(11-7-17)24(26)27/h6-13,20,22H,4-5,14-15H2,1-3H3. The summed E-state index contributed by atoms with van der Waals surface area (Å²) in [4.78, 5) is 24.9. The summed E-state index contributed by atoms with van der Waals surface area (Å²) in [6, 6.07) is 13.8. The van der Waals surface area contributed by atoms with E-state index < -0.39 is 4.92 Å². The second kappa shape index (κ2) is 10.5. The summed E-state index contributed by atoms with van der Waals surface area (Å²) >= 11 is 0. The van der Waals surface area contributed by atoms with E-state index in [1.54, 1.807) is 7.11 Å². The molecule has 0 heterocycles. The van der Waals surface area contributed by atoms with E-state index in [0.717, 1.165) is 24.4 Å². The number of ketones is 1. The van der Waals surface area contributed by atoms with E-state index in [2.05, 4.69) is 24.1 Å². The number of carbonyl (C=O) groups excluding carboxylic acids is 1. The van der Waals surface area contributed by atoms with Crippen molar-refractivity contribution in [2.45, 2.75) is 19.9 Å². The van der Waals surface area contributed by atoms with Crippen molar-refractivity contribution in [1.29, 1.82) is 0 Å². The lowest BCUT2D eigenvalue weighted by Crippen LogP contribution is -2.37. The molecule has 0 radical (unpaired) electrons. The van der Waals surface area contributed by atoms with Crippen LogP contribution in [0.1, 0.15) is 35.8 Å². The zero-order valence-corrected chi connectivity index (χ0v) is 16.6. The van der Waals surface area contributed by atoms with Gasteiger partial charge in [-0.25, -0.2) is 0 Å². The number of hydrogen-bond donors (Lipinski definition) is 1. The topological polar surface area (TPSA) is 84.7 Å². The maximum absolute atomic E-state index is 12.4. The first kappa shape index (κ1) is 21.5. The lowest BCUT2D eigenvalue weighted by Gasteiger charge is -2.30. The Kier molecular flexibility index (Phi) is 8.10. The average molecular weight is 385 g/mol. The van der Waals surface area contributed by atoms with E-state index in [1.807, 2.05) is 24.3 Å². The van der Waals surface area contributed by atoms with Crippen LogP contribution < -0.4 is 10.1 Å². The minimum Gasteiger partial charge on any atom is -0.497 e. The van der Waals surface area contributed by atoms with E-state index in [9.17, 15) is 14.9 Å². The summed E-state index contributed by atoms with van der Waals surface area (Å²) in [5, 5.41) is 14.0. The van der Waals surface area contributed by atoms with Crippen molar-refractivity contribution in [2.75, 3.05) is 33.3 Å². The van der Waals surface area contributed by atoms with Crippen molar-refractivity contribution < 1.29 is 14.5 Å². The molecule has 0 spiro atoms. The van der Waals surface area contributed by atoms with Gasteiger partial charge in [0.05, 0.1) is 18.6 Å². The van der Waals surface area contributed by atoms with E-state index in [0.29, 0.717) is 12.1 Å². The second-order valence-corrected chi connectivity index (χ2v) is 6.37. The number of ether oxygens (including phenoxy) is 1. The minimum absolute atomic E-state index is 0.0226. The first-order valence-electron chi connectivity index (χ1n) is 9.36. The van der Waals surface area contributed by atoms with Gasteiger partial charge in [-0.05, 0) is 42.9 Å². The smallest absolute Gasteiger partial charge is 0.269 e. The Hall–Kier alpha value is -2.77. The van der Waals surface area contributed by atoms with Crippen molar-refractivity contribution in [1.82, 2.24) is 10.2 Å². The molecule has 0 aliphatic heterocycles. The summed E-state index contributed by atoms with van der Waals surface area (Å²) in [6.45, 7) is 6.80. The number of nitro benzene ring substituents is 1. The number of likely N-dealkylation sites (N-methyl/N-ethyl adjacent to an activating group) is 1. The van der Waals surface area contributed by atoms with Crippen molar-refractivity contribution in [3.8, 4) is 5.75 Å². The van der Waals surface area contributed by atoms with Gasteiger partial charge in [0.2, 0.25) is 0 Å². The van der Waals surface area contributed by atoms with Gasteiger partial charge in [-0.15, -0.1) is 0 Å². The minimum atomic E-state index is -0.476. The first-order chi connectivity index (χ1) is 13.5. The average Bonchev–Trinajstić information content (AvgIpc) is 2.73. The molecule has 0 saturated carbocycles. The molecule has 1 unspecified atom stereocenters. The fourth-order valence-corrected chi connectivity index (χ4v) is 3.14. The van der Waals surface area contributed by atoms with Crippen molar-refractivity contribution >= 4 is 11.5 Å². The highest BCUT2D eigenvalue weighted by molar-refractivity contribution is 5.97. The summed E-state index contributed by atoms with van der Waals surface area (Å²) < 4.78 is 5.23. The molecule has 150 valence electrons. The number of nitrogens with one attached hydrogen (secondary N) is 1. The molecule has 0 aliphatic rings. The number of Topliss-reactive ketones (excluding diaryl/α,β-unsaturated/α-hetero) is 1. The predicted molar refractivity (Wildman–Crippen MR) is 109 cm³/mol. The number of nitro groups is 1. The van der Waals surface area contributed by atoms with E-state index in [1.165, 1.54) is 24.3 Å². The van der Waals surface area contributed by atoms with Crippen molar-refractivity contribution in [3.05, 3.63) is 69.8 Å². The maximum Gasteiger partial charge on any atom is 0.269 e. The third-order valence-corrected chi connectivity index (χ3v) is 4.78. The third-order valence-electron chi connectivity index (χ3n) is 4.78. The van der Waals surface area contributed by atoms with E-state index >= 15 is 0 Å². The second-order valence-electron chi connectivity index (χ2n) is 6.37. The molecule has 1 N–H and O–H groups in total. The molecule has 2 aromatic rings. The number of non-ortho nitro benzene ring substituents is 1. The van der Waals surface area contributed by atoms with Crippen LogP contribution in [0, 0.1) is 10.1 Å². The Balaban J connectivity index is 2.01. The van der Waals surface area contributed by atoms with Crippen LogP contribution in [0.2, 0.25) is 0 Å². The Morgan fingerprint density at radius 1 is 1.11 bits per heavy atom. The van der Waals surface area contributed by atoms with Gasteiger partial charge in [0.25, 0.3) is 5.69 Å². The molecule has 2 aromatic carbocycles. The van der Waals surface area contributed by atoms with Gasteiger partial charge in [-0.1, -0.05) is 26.0 Å². The number of hydrogen-bond acceptors (Lipinski definition) is 6. The molecule has 28 heavy (non-hydrogen) atoms. The largest absolute Gasteiger partial charge is 0.497 e. The number of rotatable bonds is 11. The van der Waals surface area contributed by atoms with Crippen LogP contribution in [0.3, 0.4) is 0 Å². The third kappa shape index (κ3) is 5.61. The number of benzene rings is 2. The van der Waals surface area contributed by atoms with E-state index in [-0.39, 0.29) is 24.1 Å². The van der Waals surface area contributed by atoms with Crippen molar-refractivity contribution in [3.63, 3.8) is 0 Å². The molecule has 0 amide bonds. The Labute approximate surface area is 165 Å². The lowest BCUT2D eigenvalue weighted by atomic mass is 10.0. The van der Waals surface area contributed by atoms with Gasteiger partial charge in [-0.3, -0.25) is 19.8 Å². The summed E-state index contributed by atoms with van der Waals surface area (Å²) in [7, 11) is 1.64. The maximum atomic E-state index is 12.4. The number of methoxy groups -OCH3 is 1. The molecule has 7 nitrogen and oxygen atoms in total. The van der Waals surface area contributed by atoms with E-state index in [4.69, 9.17) is 4.74 Å². The summed E-state index contributed by atoms with van der Waals surface area (Å²) in [6.07, 6.45) is 0. The van der Waals surface area contributed by atoms with Gasteiger partial charge in [-0.2, -0.15) is 0 Å². The molecule has 7 heteroatoms. The summed E-state index contributed by atoms with van der Waals surface area (Å²) in [5.41, 5.74) is 1.59. The lowest BCUT2D eigenvalue weighted by molar-refractivity contribution is -0.384. The molecule has 0 saturated heterocycles. The fourth-order valence-electron chi connectivity index (χ4n) is 3.14. The normalized spacial score (nSPS) is 12.0. The Morgan fingerprint density at radius 2 is 1.71 bits per heavy atom. The van der Waals surface area contributed by atoms with Gasteiger partial charge in [0, 0.05) is 30.3 Å². The van der Waals surface area contributed by atoms with Gasteiger partial charge >= 0.3 is 0 Å². The van der Waals surface area contributed by atoms with Crippen LogP contribution in [-0.4, -0.2) is 48.9 Å². The molecule has 0 aliphatic carbocycles. The summed E-state index contributed by atoms with van der Waals surface area (Å²) in [5.74, 6) is 0.714. The SMILES string of the molecule is CCN(CC)C(CNCC(=O)c1ccc([N+](=O)[O-])cc1)c1ccc(OC)cc1. The van der Waals surface area contributed by atoms with Crippen LogP contribution in [0.15, 0.2) is 48.5 Å². The number of carbonyl (C=O) groups is 1. The van der Waals surface area contributed by atoms with Gasteiger partial charge in [0.15, 0.2) is 5.78 Å².